The van der Waals surface area contributed by atoms with Crippen LogP contribution >= 0.6 is 0 Å². The maximum Gasteiger partial charge on any atom is 0.254 e. The van der Waals surface area contributed by atoms with Gasteiger partial charge in [-0.15, -0.1) is 0 Å². The summed E-state index contributed by atoms with van der Waals surface area (Å²) < 4.78 is 0. The van der Waals surface area contributed by atoms with E-state index in [4.69, 9.17) is 10.8 Å². The first-order chi connectivity index (χ1) is 9.26. The molecule has 0 aliphatic heterocycles. The number of nitrogens with two attached hydrogens (primary N) is 1. The molecule has 2 rings (SSSR count). The molecule has 1 fully saturated rings. The lowest BCUT2D eigenvalue weighted by Crippen LogP contribution is -2.45. The van der Waals surface area contributed by atoms with Gasteiger partial charge in [-0.05, 0) is 49.9 Å². The zero-order valence-corrected chi connectivity index (χ0v) is 11.2. The van der Waals surface area contributed by atoms with Crippen LogP contribution in [0.3, 0.4) is 0 Å². The molecule has 19 heavy (non-hydrogen) atoms. The number of hydrogen-bond acceptors (Lipinski definition) is 3. The number of benzene rings is 1. The first-order valence-corrected chi connectivity index (χ1v) is 6.97. The molecule has 1 saturated carbocycles. The topological polar surface area (TPSA) is 66.6 Å². The number of nitrogens with zero attached hydrogens (tertiary/aromatic N) is 1. The fourth-order valence-corrected chi connectivity index (χ4v) is 2.40. The van der Waals surface area contributed by atoms with Crippen molar-refractivity contribution in [3.63, 3.8) is 0 Å². The van der Waals surface area contributed by atoms with Crippen molar-refractivity contribution in [3.05, 3.63) is 35.4 Å². The van der Waals surface area contributed by atoms with E-state index < -0.39 is 0 Å². The van der Waals surface area contributed by atoms with Gasteiger partial charge in [-0.2, -0.15) is 0 Å². The summed E-state index contributed by atoms with van der Waals surface area (Å²) in [4.78, 5) is 14.2. The summed E-state index contributed by atoms with van der Waals surface area (Å²) in [5.41, 5.74) is 7.35. The minimum atomic E-state index is 0.0213. The second kappa shape index (κ2) is 6.68. The van der Waals surface area contributed by atoms with Crippen molar-refractivity contribution >= 4 is 5.91 Å². The average molecular weight is 262 g/mol. The van der Waals surface area contributed by atoms with Gasteiger partial charge in [0.15, 0.2) is 0 Å². The third kappa shape index (κ3) is 3.33. The molecule has 0 radical (unpaired) electrons. The van der Waals surface area contributed by atoms with Gasteiger partial charge in [0.2, 0.25) is 0 Å². The lowest BCUT2D eigenvalue weighted by molar-refractivity contribution is 0.0526. The Hall–Kier alpha value is -1.39. The highest BCUT2D eigenvalue weighted by atomic mass is 16.3. The zero-order valence-electron chi connectivity index (χ0n) is 11.2. The molecule has 0 atom stereocenters. The smallest absolute Gasteiger partial charge is 0.254 e. The maximum absolute atomic E-state index is 12.4. The molecule has 0 spiro atoms. The molecular formula is C15H22N2O2. The van der Waals surface area contributed by atoms with E-state index in [1.54, 1.807) is 4.90 Å². The number of aliphatic hydroxyl groups excluding tert-OH is 1. The van der Waals surface area contributed by atoms with E-state index >= 15 is 0 Å². The fourth-order valence-electron chi connectivity index (χ4n) is 2.40. The summed E-state index contributed by atoms with van der Waals surface area (Å²) in [6, 6.07) is 7.94. The van der Waals surface area contributed by atoms with E-state index in [-0.39, 0.29) is 12.5 Å². The first-order valence-electron chi connectivity index (χ1n) is 6.97. The summed E-state index contributed by atoms with van der Waals surface area (Å²) in [6.07, 6.45) is 4.11. The lowest BCUT2D eigenvalue weighted by atomic mass is 9.91. The third-order valence-electron chi connectivity index (χ3n) is 3.75. The van der Waals surface area contributed by atoms with Crippen LogP contribution < -0.4 is 5.73 Å². The number of aliphatic hydroxyl groups is 1. The Balaban J connectivity index is 2.07. The van der Waals surface area contributed by atoms with Gasteiger partial charge in [-0.1, -0.05) is 12.1 Å². The van der Waals surface area contributed by atoms with Crippen molar-refractivity contribution in [2.24, 2.45) is 5.73 Å². The molecule has 3 N–H and O–H groups in total. The Kier molecular flexibility index (Phi) is 4.93. The molecule has 1 aliphatic carbocycles. The summed E-state index contributed by atoms with van der Waals surface area (Å²) in [6.45, 7) is 1.06. The minimum absolute atomic E-state index is 0.0213. The van der Waals surface area contributed by atoms with Crippen molar-refractivity contribution in [2.45, 2.75) is 31.7 Å². The van der Waals surface area contributed by atoms with Crippen LogP contribution in [0.15, 0.2) is 24.3 Å². The number of rotatable bonds is 6. The van der Waals surface area contributed by atoms with Crippen molar-refractivity contribution in [2.75, 3.05) is 19.7 Å². The normalized spacial score (nSPS) is 15.1. The van der Waals surface area contributed by atoms with Gasteiger partial charge in [-0.25, -0.2) is 0 Å². The predicted octanol–water partition coefficient (Wildman–Crippen LogP) is 1.17. The van der Waals surface area contributed by atoms with E-state index in [9.17, 15) is 4.79 Å². The Labute approximate surface area is 114 Å². The molecule has 1 aromatic carbocycles. The van der Waals surface area contributed by atoms with Crippen LogP contribution in [-0.4, -0.2) is 41.7 Å². The van der Waals surface area contributed by atoms with Crippen molar-refractivity contribution in [1.82, 2.24) is 4.90 Å². The Morgan fingerprint density at radius 1 is 1.32 bits per heavy atom. The van der Waals surface area contributed by atoms with Crippen molar-refractivity contribution in [1.29, 1.82) is 0 Å². The van der Waals surface area contributed by atoms with E-state index in [0.717, 1.165) is 24.8 Å². The first kappa shape index (κ1) is 14.0. The van der Waals surface area contributed by atoms with E-state index in [0.29, 0.717) is 24.7 Å². The Morgan fingerprint density at radius 2 is 2.00 bits per heavy atom. The molecule has 0 unspecified atom stereocenters. The van der Waals surface area contributed by atoms with Crippen LogP contribution in [0.5, 0.6) is 0 Å². The average Bonchev–Trinajstić information content (AvgIpc) is 2.37. The highest BCUT2D eigenvalue weighted by molar-refractivity contribution is 5.94. The van der Waals surface area contributed by atoms with Gasteiger partial charge in [0.1, 0.15) is 0 Å². The van der Waals surface area contributed by atoms with Crippen LogP contribution in [-0.2, 0) is 6.42 Å². The number of carbonyl (C=O) groups is 1. The highest BCUT2D eigenvalue weighted by Gasteiger charge is 2.28. The molecule has 4 nitrogen and oxygen atoms in total. The van der Waals surface area contributed by atoms with Gasteiger partial charge in [0.05, 0.1) is 6.61 Å². The van der Waals surface area contributed by atoms with Crippen LogP contribution in [0.1, 0.15) is 35.2 Å². The van der Waals surface area contributed by atoms with E-state index in [1.165, 1.54) is 6.42 Å². The van der Waals surface area contributed by atoms with Crippen LogP contribution in [0.2, 0.25) is 0 Å². The second-order valence-corrected chi connectivity index (χ2v) is 5.04. The van der Waals surface area contributed by atoms with E-state index in [2.05, 4.69) is 0 Å². The van der Waals surface area contributed by atoms with E-state index in [1.807, 2.05) is 24.3 Å². The molecule has 0 bridgehead atoms. The quantitative estimate of drug-likeness (QED) is 0.809. The standard InChI is InChI=1S/C15H22N2O2/c16-9-8-12-4-6-13(7-5-12)15(19)17(10-11-18)14-2-1-3-14/h4-7,14,18H,1-3,8-11,16H2. The summed E-state index contributed by atoms with van der Waals surface area (Å²) in [5.74, 6) is 0.0260. The van der Waals surface area contributed by atoms with Gasteiger partial charge in [0.25, 0.3) is 5.91 Å². The number of amides is 1. The third-order valence-corrected chi connectivity index (χ3v) is 3.75. The molecule has 0 saturated heterocycles. The highest BCUT2D eigenvalue weighted by Crippen LogP contribution is 2.26. The second-order valence-electron chi connectivity index (χ2n) is 5.04. The zero-order chi connectivity index (χ0) is 13.7. The molecule has 4 heteroatoms. The number of carbonyl (C=O) groups excluding carboxylic acids is 1. The van der Waals surface area contributed by atoms with Gasteiger partial charge < -0.3 is 15.7 Å². The van der Waals surface area contributed by atoms with Gasteiger partial charge in [0, 0.05) is 18.2 Å². The summed E-state index contributed by atoms with van der Waals surface area (Å²) in [5, 5.41) is 9.11. The predicted molar refractivity (Wildman–Crippen MR) is 75.0 cm³/mol. The molecule has 1 aliphatic rings. The SMILES string of the molecule is NCCc1ccc(C(=O)N(CCO)C2CCC2)cc1. The molecule has 0 heterocycles. The van der Waals surface area contributed by atoms with Crippen LogP contribution in [0.25, 0.3) is 0 Å². The largest absolute Gasteiger partial charge is 0.395 e. The molecular weight excluding hydrogens is 240 g/mol. The van der Waals surface area contributed by atoms with Gasteiger partial charge >= 0.3 is 0 Å². The summed E-state index contributed by atoms with van der Waals surface area (Å²) in [7, 11) is 0. The van der Waals surface area contributed by atoms with Crippen molar-refractivity contribution in [3.8, 4) is 0 Å². The molecule has 1 amide bonds. The lowest BCUT2D eigenvalue weighted by Gasteiger charge is -2.37. The van der Waals surface area contributed by atoms with Crippen LogP contribution in [0.4, 0.5) is 0 Å². The molecule has 0 aromatic heterocycles. The molecule has 1 aromatic rings. The van der Waals surface area contributed by atoms with Gasteiger partial charge in [-0.3, -0.25) is 4.79 Å². The maximum atomic E-state index is 12.4. The van der Waals surface area contributed by atoms with Crippen LogP contribution in [0, 0.1) is 0 Å². The van der Waals surface area contributed by atoms with Crippen molar-refractivity contribution < 1.29 is 9.90 Å². The molecule has 104 valence electrons. The fraction of sp³-hybridized carbons (Fsp3) is 0.533. The Bertz CT molecular complexity index is 413. The monoisotopic (exact) mass is 262 g/mol. The Morgan fingerprint density at radius 3 is 2.47 bits per heavy atom. The minimum Gasteiger partial charge on any atom is -0.395 e. The number of hydrogen-bond donors (Lipinski definition) is 2. The summed E-state index contributed by atoms with van der Waals surface area (Å²) >= 11 is 0.